The molecule has 16 heteroatoms. The second-order valence-corrected chi connectivity index (χ2v) is 7.56. The summed E-state index contributed by atoms with van der Waals surface area (Å²) in [7, 11) is 0. The number of carbonyl (C=O) groups excluding carboxylic acids is 4. The molecule has 4 unspecified atom stereocenters. The third-order valence-corrected chi connectivity index (χ3v) is 4.84. The number of rotatable bonds is 15. The molecule has 1 aromatic heterocycles. The number of thiol groups is 1. The molecule has 15 nitrogen and oxygen atoms in total. The van der Waals surface area contributed by atoms with Crippen molar-refractivity contribution in [3.63, 3.8) is 0 Å². The number of carbonyl (C=O) groups is 6. The highest BCUT2D eigenvalue weighted by atomic mass is 32.1. The molecule has 1 aromatic rings. The first-order valence-electron chi connectivity index (χ1n) is 9.92. The number of carboxylic acids is 2. The van der Waals surface area contributed by atoms with Crippen LogP contribution >= 0.6 is 12.6 Å². The number of aromatic amines is 1. The quantitative estimate of drug-likeness (QED) is 0.107. The molecule has 0 aliphatic heterocycles. The summed E-state index contributed by atoms with van der Waals surface area (Å²) in [5.74, 6) is -6.41. The summed E-state index contributed by atoms with van der Waals surface area (Å²) < 4.78 is 0. The number of nitrogens with one attached hydrogen (secondary N) is 4. The van der Waals surface area contributed by atoms with Crippen LogP contribution in [-0.2, 0) is 35.2 Å². The molecular formula is C18H27N7O8S. The maximum absolute atomic E-state index is 12.9. The maximum atomic E-state index is 12.9. The number of hydrogen-bond acceptors (Lipinski definition) is 9. The number of nitrogens with two attached hydrogens (primary N) is 2. The summed E-state index contributed by atoms with van der Waals surface area (Å²) in [6, 6.07) is -5.47. The van der Waals surface area contributed by atoms with Gasteiger partial charge in [-0.15, -0.1) is 0 Å². The number of nitrogens with zero attached hydrogens (tertiary/aromatic N) is 1. The van der Waals surface area contributed by atoms with Gasteiger partial charge in [-0.1, -0.05) is 0 Å². The van der Waals surface area contributed by atoms with Gasteiger partial charge >= 0.3 is 11.9 Å². The van der Waals surface area contributed by atoms with Crippen LogP contribution in [0.15, 0.2) is 12.5 Å². The van der Waals surface area contributed by atoms with Gasteiger partial charge in [0.05, 0.1) is 18.8 Å². The molecule has 4 amide bonds. The van der Waals surface area contributed by atoms with Crippen LogP contribution in [0.5, 0.6) is 0 Å². The molecule has 10 N–H and O–H groups in total. The molecule has 4 atom stereocenters. The fourth-order valence-electron chi connectivity index (χ4n) is 2.67. The summed E-state index contributed by atoms with van der Waals surface area (Å²) >= 11 is 3.89. The number of carboxylic acid groups (broad SMARTS) is 2. The van der Waals surface area contributed by atoms with Crippen molar-refractivity contribution in [1.29, 1.82) is 0 Å². The van der Waals surface area contributed by atoms with Crippen LogP contribution in [0.25, 0.3) is 0 Å². The predicted molar refractivity (Wildman–Crippen MR) is 118 cm³/mol. The number of aromatic nitrogens is 2. The predicted octanol–water partition coefficient (Wildman–Crippen LogP) is -3.51. The monoisotopic (exact) mass is 501 g/mol. The van der Waals surface area contributed by atoms with Crippen LogP contribution in [0, 0.1) is 0 Å². The zero-order chi connectivity index (χ0) is 25.8. The highest BCUT2D eigenvalue weighted by Gasteiger charge is 2.31. The fourth-order valence-corrected chi connectivity index (χ4v) is 2.84. The molecular weight excluding hydrogens is 474 g/mol. The Morgan fingerprint density at radius 3 is 2.09 bits per heavy atom. The van der Waals surface area contributed by atoms with Gasteiger partial charge < -0.3 is 42.6 Å². The Labute approximate surface area is 198 Å². The molecule has 0 bridgehead atoms. The van der Waals surface area contributed by atoms with E-state index in [9.17, 15) is 33.9 Å². The number of imidazole rings is 1. The van der Waals surface area contributed by atoms with E-state index >= 15 is 0 Å². The lowest BCUT2D eigenvalue weighted by Crippen LogP contribution is -2.58. The van der Waals surface area contributed by atoms with Crippen LogP contribution in [-0.4, -0.2) is 85.7 Å². The molecule has 0 aliphatic carbocycles. The summed E-state index contributed by atoms with van der Waals surface area (Å²) in [5, 5.41) is 25.0. The largest absolute Gasteiger partial charge is 0.481 e. The van der Waals surface area contributed by atoms with E-state index in [0.717, 1.165) is 0 Å². The Balaban J connectivity index is 3.08. The lowest BCUT2D eigenvalue weighted by Gasteiger charge is -2.24. The van der Waals surface area contributed by atoms with Gasteiger partial charge in [0.1, 0.15) is 18.1 Å². The van der Waals surface area contributed by atoms with E-state index in [2.05, 4.69) is 38.5 Å². The number of primary amides is 1. The van der Waals surface area contributed by atoms with Crippen molar-refractivity contribution in [3.8, 4) is 0 Å². The first kappa shape index (κ1) is 28.4. The van der Waals surface area contributed by atoms with Crippen LogP contribution in [0.3, 0.4) is 0 Å². The minimum atomic E-state index is -1.65. The molecule has 0 fully saturated rings. The molecule has 0 aromatic carbocycles. The van der Waals surface area contributed by atoms with Crippen molar-refractivity contribution in [2.24, 2.45) is 11.5 Å². The summed E-state index contributed by atoms with van der Waals surface area (Å²) in [5.41, 5.74) is 11.0. The minimum Gasteiger partial charge on any atom is -0.481 e. The molecule has 0 radical (unpaired) electrons. The molecule has 1 heterocycles. The van der Waals surface area contributed by atoms with Crippen LogP contribution in [0.4, 0.5) is 0 Å². The Hall–Kier alpha value is -3.66. The topological polar surface area (TPSA) is 260 Å². The van der Waals surface area contributed by atoms with Crippen molar-refractivity contribution >= 4 is 48.2 Å². The van der Waals surface area contributed by atoms with Gasteiger partial charge in [-0.25, -0.2) is 9.78 Å². The van der Waals surface area contributed by atoms with Gasteiger partial charge in [0, 0.05) is 30.5 Å². The number of hydrogen-bond donors (Lipinski definition) is 9. The van der Waals surface area contributed by atoms with Crippen molar-refractivity contribution in [3.05, 3.63) is 18.2 Å². The van der Waals surface area contributed by atoms with Crippen LogP contribution in [0.1, 0.15) is 25.0 Å². The van der Waals surface area contributed by atoms with Crippen LogP contribution in [0.2, 0.25) is 0 Å². The maximum Gasteiger partial charge on any atom is 0.326 e. The second-order valence-electron chi connectivity index (χ2n) is 7.19. The Morgan fingerprint density at radius 1 is 1.00 bits per heavy atom. The first-order chi connectivity index (χ1) is 15.9. The lowest BCUT2D eigenvalue weighted by atomic mass is 10.1. The number of H-pyrrole nitrogens is 1. The van der Waals surface area contributed by atoms with E-state index in [4.69, 9.17) is 16.6 Å². The average Bonchev–Trinajstić information content (AvgIpc) is 3.27. The smallest absolute Gasteiger partial charge is 0.326 e. The lowest BCUT2D eigenvalue weighted by molar-refractivity contribution is -0.143. The molecule has 0 spiro atoms. The number of aliphatic carboxylic acids is 2. The standard InChI is InChI=1S/C18H27N7O8S/c19-9(6-34)15(29)23-10(1-2-14(27)28)16(30)24-11(3-8-5-21-7-22-8)17(31)25-12(18(32)33)4-13(20)26/h5,7,9-12,34H,1-4,6,19H2,(H2,20,26)(H,21,22)(H,23,29)(H,24,30)(H,25,31)(H,27,28)(H,32,33). The zero-order valence-corrected chi connectivity index (χ0v) is 18.8. The zero-order valence-electron chi connectivity index (χ0n) is 17.9. The number of amides is 4. The Morgan fingerprint density at radius 2 is 1.59 bits per heavy atom. The van der Waals surface area contributed by atoms with Crippen molar-refractivity contribution in [2.75, 3.05) is 5.75 Å². The van der Waals surface area contributed by atoms with E-state index in [1.807, 2.05) is 0 Å². The Kier molecular flexibility index (Phi) is 11.5. The fraction of sp³-hybridized carbons (Fsp3) is 0.500. The third kappa shape index (κ3) is 9.86. The molecule has 0 saturated carbocycles. The summed E-state index contributed by atoms with van der Waals surface area (Å²) in [4.78, 5) is 77.7. The van der Waals surface area contributed by atoms with Gasteiger partial charge in [-0.2, -0.15) is 12.6 Å². The molecule has 0 aliphatic rings. The van der Waals surface area contributed by atoms with Gasteiger partial charge in [-0.05, 0) is 6.42 Å². The van der Waals surface area contributed by atoms with Crippen molar-refractivity contribution in [1.82, 2.24) is 25.9 Å². The third-order valence-electron chi connectivity index (χ3n) is 4.45. The Bertz CT molecular complexity index is 895. The molecule has 0 saturated heterocycles. The molecule has 34 heavy (non-hydrogen) atoms. The highest BCUT2D eigenvalue weighted by molar-refractivity contribution is 7.80. The SMILES string of the molecule is NC(=O)CC(NC(=O)C(Cc1cnc[nH]1)NC(=O)C(CCC(=O)O)NC(=O)C(N)CS)C(=O)O. The second kappa shape index (κ2) is 13.8. The summed E-state index contributed by atoms with van der Waals surface area (Å²) in [6.45, 7) is 0. The van der Waals surface area contributed by atoms with Crippen LogP contribution < -0.4 is 27.4 Å². The molecule has 188 valence electrons. The van der Waals surface area contributed by atoms with E-state index < -0.39 is 72.6 Å². The highest BCUT2D eigenvalue weighted by Crippen LogP contribution is 2.05. The first-order valence-corrected chi connectivity index (χ1v) is 10.6. The molecule has 1 rings (SSSR count). The normalized spacial score (nSPS) is 14.2. The summed E-state index contributed by atoms with van der Waals surface area (Å²) in [6.07, 6.45) is 1.02. The average molecular weight is 502 g/mol. The van der Waals surface area contributed by atoms with E-state index in [0.29, 0.717) is 5.69 Å². The van der Waals surface area contributed by atoms with Crippen molar-refractivity contribution in [2.45, 2.75) is 49.9 Å². The van der Waals surface area contributed by atoms with Gasteiger partial charge in [-0.3, -0.25) is 24.0 Å². The van der Waals surface area contributed by atoms with Gasteiger partial charge in [0.15, 0.2) is 0 Å². The minimum absolute atomic E-state index is 0.0413. The van der Waals surface area contributed by atoms with Crippen molar-refractivity contribution < 1.29 is 39.0 Å². The van der Waals surface area contributed by atoms with Gasteiger partial charge in [0.2, 0.25) is 23.6 Å². The van der Waals surface area contributed by atoms with E-state index in [1.165, 1.54) is 12.5 Å². The van der Waals surface area contributed by atoms with Gasteiger partial charge in [0.25, 0.3) is 0 Å². The van der Waals surface area contributed by atoms with E-state index in [-0.39, 0.29) is 18.6 Å². The van der Waals surface area contributed by atoms with E-state index in [1.54, 1.807) is 0 Å².